The molecule has 2 amide bonds. The van der Waals surface area contributed by atoms with E-state index in [1.807, 2.05) is 0 Å². The van der Waals surface area contributed by atoms with Crippen LogP contribution in [0, 0.1) is 0 Å². The normalized spacial score (nSPS) is 30.6. The summed E-state index contributed by atoms with van der Waals surface area (Å²) in [5, 5.41) is 5.95. The van der Waals surface area contributed by atoms with Gasteiger partial charge in [-0.25, -0.2) is 0 Å². The Hall–Kier alpha value is -1.14. The fourth-order valence-corrected chi connectivity index (χ4v) is 2.00. The van der Waals surface area contributed by atoms with Gasteiger partial charge in [-0.1, -0.05) is 0 Å². The molecule has 2 heterocycles. The van der Waals surface area contributed by atoms with Gasteiger partial charge in [0.15, 0.2) is 0 Å². The first kappa shape index (κ1) is 11.3. The van der Waals surface area contributed by atoms with Crippen LogP contribution in [0.5, 0.6) is 0 Å². The number of carbonyl (C=O) groups excluding carboxylic acids is 2. The molecule has 0 saturated carbocycles. The number of carbonyl (C=O) groups is 2. The lowest BCUT2D eigenvalue weighted by molar-refractivity contribution is -0.126. The summed E-state index contributed by atoms with van der Waals surface area (Å²) in [6.07, 6.45) is 0.399. The van der Waals surface area contributed by atoms with E-state index >= 15 is 0 Å². The highest BCUT2D eigenvalue weighted by Crippen LogP contribution is 2.08. The third-order valence-corrected chi connectivity index (χ3v) is 2.93. The van der Waals surface area contributed by atoms with E-state index in [1.54, 1.807) is 11.9 Å². The van der Waals surface area contributed by atoms with E-state index in [9.17, 15) is 9.59 Å². The second-order valence-electron chi connectivity index (χ2n) is 4.27. The van der Waals surface area contributed by atoms with Gasteiger partial charge in [0.2, 0.25) is 11.8 Å². The second-order valence-corrected chi connectivity index (χ2v) is 4.27. The largest absolute Gasteiger partial charge is 0.378 e. The van der Waals surface area contributed by atoms with Crippen LogP contribution in [0.25, 0.3) is 0 Å². The predicted octanol–water partition coefficient (Wildman–Crippen LogP) is -1.68. The van der Waals surface area contributed by atoms with Crippen LogP contribution in [0.3, 0.4) is 0 Å². The highest BCUT2D eigenvalue weighted by Gasteiger charge is 2.30. The Labute approximate surface area is 94.3 Å². The monoisotopic (exact) mass is 227 g/mol. The Kier molecular flexibility index (Phi) is 3.40. The van der Waals surface area contributed by atoms with Gasteiger partial charge in [0, 0.05) is 26.6 Å². The number of ether oxygens (including phenoxy) is 1. The standard InChI is InChI=1S/C10H17N3O3/c1-13-5-7(4-9(13)14)12-10(15)8-6-16-3-2-11-8/h7-8,11H,2-6H2,1H3,(H,12,15). The molecule has 0 aromatic heterocycles. The number of nitrogens with zero attached hydrogens (tertiary/aromatic N) is 1. The van der Waals surface area contributed by atoms with Crippen molar-refractivity contribution in [3.8, 4) is 0 Å². The van der Waals surface area contributed by atoms with Crippen LogP contribution in [-0.4, -0.2) is 62.1 Å². The molecule has 2 aliphatic heterocycles. The van der Waals surface area contributed by atoms with E-state index in [0.717, 1.165) is 0 Å². The lowest BCUT2D eigenvalue weighted by Crippen LogP contribution is -2.53. The van der Waals surface area contributed by atoms with Gasteiger partial charge in [-0.05, 0) is 0 Å². The average molecular weight is 227 g/mol. The molecule has 6 heteroatoms. The molecule has 2 rings (SSSR count). The zero-order valence-corrected chi connectivity index (χ0v) is 9.36. The summed E-state index contributed by atoms with van der Waals surface area (Å²) < 4.78 is 5.21. The SMILES string of the molecule is CN1CC(NC(=O)C2COCCN2)CC1=O. The number of nitrogens with one attached hydrogen (secondary N) is 2. The number of hydrogen-bond donors (Lipinski definition) is 2. The van der Waals surface area contributed by atoms with E-state index in [1.165, 1.54) is 0 Å². The zero-order valence-electron chi connectivity index (χ0n) is 9.36. The van der Waals surface area contributed by atoms with Gasteiger partial charge < -0.3 is 20.3 Å². The van der Waals surface area contributed by atoms with Gasteiger partial charge in [-0.15, -0.1) is 0 Å². The Morgan fingerprint density at radius 2 is 2.44 bits per heavy atom. The molecule has 0 aliphatic carbocycles. The van der Waals surface area contributed by atoms with Crippen LogP contribution < -0.4 is 10.6 Å². The maximum atomic E-state index is 11.8. The van der Waals surface area contributed by atoms with Gasteiger partial charge in [-0.3, -0.25) is 9.59 Å². The molecule has 2 saturated heterocycles. The molecular weight excluding hydrogens is 210 g/mol. The first-order valence-electron chi connectivity index (χ1n) is 5.52. The molecule has 0 radical (unpaired) electrons. The molecule has 0 aromatic carbocycles. The third kappa shape index (κ3) is 2.51. The van der Waals surface area contributed by atoms with E-state index in [0.29, 0.717) is 32.7 Å². The Balaban J connectivity index is 1.81. The maximum absolute atomic E-state index is 11.8. The minimum absolute atomic E-state index is 0.0614. The summed E-state index contributed by atoms with van der Waals surface area (Å²) >= 11 is 0. The Morgan fingerprint density at radius 3 is 3.00 bits per heavy atom. The van der Waals surface area contributed by atoms with Crippen molar-refractivity contribution in [3.63, 3.8) is 0 Å². The lowest BCUT2D eigenvalue weighted by Gasteiger charge is -2.24. The lowest BCUT2D eigenvalue weighted by atomic mass is 10.2. The minimum atomic E-state index is -0.283. The fourth-order valence-electron chi connectivity index (χ4n) is 2.00. The van der Waals surface area contributed by atoms with Crippen molar-refractivity contribution in [3.05, 3.63) is 0 Å². The topological polar surface area (TPSA) is 70.7 Å². The van der Waals surface area contributed by atoms with Crippen molar-refractivity contribution in [2.45, 2.75) is 18.5 Å². The van der Waals surface area contributed by atoms with Crippen LogP contribution in [0.15, 0.2) is 0 Å². The van der Waals surface area contributed by atoms with Crippen LogP contribution in [0.2, 0.25) is 0 Å². The summed E-state index contributed by atoms with van der Waals surface area (Å²) in [6, 6.07) is -0.344. The quantitative estimate of drug-likeness (QED) is 0.591. The van der Waals surface area contributed by atoms with Crippen molar-refractivity contribution in [1.29, 1.82) is 0 Å². The van der Waals surface area contributed by atoms with Crippen molar-refractivity contribution in [1.82, 2.24) is 15.5 Å². The molecule has 2 unspecified atom stereocenters. The van der Waals surface area contributed by atoms with E-state index in [2.05, 4.69) is 10.6 Å². The summed E-state index contributed by atoms with van der Waals surface area (Å²) in [4.78, 5) is 24.7. The summed E-state index contributed by atoms with van der Waals surface area (Å²) in [5.41, 5.74) is 0. The number of hydrogen-bond acceptors (Lipinski definition) is 4. The Morgan fingerprint density at radius 1 is 1.62 bits per heavy atom. The summed E-state index contributed by atoms with van der Waals surface area (Å²) in [7, 11) is 1.75. The molecule has 2 atom stereocenters. The zero-order chi connectivity index (χ0) is 11.5. The summed E-state index contributed by atoms with van der Waals surface area (Å²) in [5.74, 6) is 0.00551. The predicted molar refractivity (Wildman–Crippen MR) is 56.8 cm³/mol. The minimum Gasteiger partial charge on any atom is -0.378 e. The molecule has 2 fully saturated rings. The smallest absolute Gasteiger partial charge is 0.239 e. The van der Waals surface area contributed by atoms with Crippen LogP contribution in [-0.2, 0) is 14.3 Å². The molecule has 0 aromatic rings. The second kappa shape index (κ2) is 4.80. The van der Waals surface area contributed by atoms with E-state index in [-0.39, 0.29) is 23.9 Å². The van der Waals surface area contributed by atoms with Gasteiger partial charge >= 0.3 is 0 Å². The third-order valence-electron chi connectivity index (χ3n) is 2.93. The summed E-state index contributed by atoms with van der Waals surface area (Å²) in [6.45, 7) is 2.34. The number of morpholine rings is 1. The van der Waals surface area contributed by atoms with Crippen LogP contribution in [0.4, 0.5) is 0 Å². The van der Waals surface area contributed by atoms with Crippen LogP contribution in [0.1, 0.15) is 6.42 Å². The first-order valence-corrected chi connectivity index (χ1v) is 5.52. The number of likely N-dealkylation sites (N-methyl/N-ethyl adjacent to an activating group) is 1. The molecule has 90 valence electrons. The molecular formula is C10H17N3O3. The molecule has 16 heavy (non-hydrogen) atoms. The number of likely N-dealkylation sites (tertiary alicyclic amines) is 1. The fraction of sp³-hybridized carbons (Fsp3) is 0.800. The highest BCUT2D eigenvalue weighted by molar-refractivity contribution is 5.84. The van der Waals surface area contributed by atoms with Crippen molar-refractivity contribution < 1.29 is 14.3 Å². The van der Waals surface area contributed by atoms with Gasteiger partial charge in [0.1, 0.15) is 6.04 Å². The van der Waals surface area contributed by atoms with E-state index < -0.39 is 0 Å². The van der Waals surface area contributed by atoms with Gasteiger partial charge in [-0.2, -0.15) is 0 Å². The van der Waals surface area contributed by atoms with E-state index in [4.69, 9.17) is 4.74 Å². The molecule has 2 N–H and O–H groups in total. The van der Waals surface area contributed by atoms with Crippen LogP contribution >= 0.6 is 0 Å². The highest BCUT2D eigenvalue weighted by atomic mass is 16.5. The number of rotatable bonds is 2. The van der Waals surface area contributed by atoms with Gasteiger partial charge in [0.05, 0.1) is 19.3 Å². The van der Waals surface area contributed by atoms with Gasteiger partial charge in [0.25, 0.3) is 0 Å². The number of amides is 2. The molecule has 0 bridgehead atoms. The van der Waals surface area contributed by atoms with Crippen molar-refractivity contribution in [2.75, 3.05) is 33.4 Å². The molecule has 0 spiro atoms. The first-order chi connectivity index (χ1) is 7.66. The Bertz CT molecular complexity index is 289. The molecule has 2 aliphatic rings. The van der Waals surface area contributed by atoms with Crippen molar-refractivity contribution in [2.24, 2.45) is 0 Å². The maximum Gasteiger partial charge on any atom is 0.239 e. The average Bonchev–Trinajstić information content (AvgIpc) is 2.59. The van der Waals surface area contributed by atoms with Crippen molar-refractivity contribution >= 4 is 11.8 Å². The molecule has 6 nitrogen and oxygen atoms in total.